The van der Waals surface area contributed by atoms with Crippen LogP contribution in [0.5, 0.6) is 0 Å². The molecule has 0 aromatic heterocycles. The fourth-order valence-corrected chi connectivity index (χ4v) is 0.455. The molecule has 0 atom stereocenters. The van der Waals surface area contributed by atoms with Gasteiger partial charge in [-0.25, -0.2) is 0 Å². The Labute approximate surface area is 153 Å². The molecule has 0 fully saturated rings. The summed E-state index contributed by atoms with van der Waals surface area (Å²) in [6.45, 7) is 0. The van der Waals surface area contributed by atoms with Gasteiger partial charge in [0, 0.05) is 57.5 Å². The normalized spacial score (nSPS) is 14.8. The minimum atomic E-state index is 2.50. The van der Waals surface area contributed by atoms with Crippen molar-refractivity contribution in [3.63, 3.8) is 0 Å². The highest BCUT2D eigenvalue weighted by Gasteiger charge is 1.72. The van der Waals surface area contributed by atoms with Gasteiger partial charge in [-0.2, -0.15) is 5.53 Å². The summed E-state index contributed by atoms with van der Waals surface area (Å²) in [7, 11) is 0. The van der Waals surface area contributed by atoms with E-state index in [2.05, 4.69) is 147 Å². The van der Waals surface area contributed by atoms with Crippen LogP contribution in [0.3, 0.4) is 0 Å². The smallest absolute Gasteiger partial charge is 0 e. The van der Waals surface area contributed by atoms with E-state index >= 15 is 0 Å². The zero-order valence-electron chi connectivity index (χ0n) is 13.2. The summed E-state index contributed by atoms with van der Waals surface area (Å²) in [6.07, 6.45) is 0. The van der Waals surface area contributed by atoms with Crippen molar-refractivity contribution < 1.29 is 0 Å². The molecule has 0 saturated heterocycles. The molecule has 0 radical (unpaired) electrons. The molecular weight excluding hydrogens is 406 g/mol. The van der Waals surface area contributed by atoms with Gasteiger partial charge in [0.1, 0.15) is 0 Å². The molecule has 148 valence electrons. The van der Waals surface area contributed by atoms with Gasteiger partial charge in [0.05, 0.1) is 0 Å². The van der Waals surface area contributed by atoms with E-state index in [1.165, 1.54) is 0 Å². The third kappa shape index (κ3) is 22.2. The van der Waals surface area contributed by atoms with Gasteiger partial charge in [0.15, 0.2) is 0 Å². The maximum atomic E-state index is 6.22. The SMILES string of the molecule is N=N/N=N/N=N/N=N/N=N/N=N/N=N/N=N/N=N/N=N/N=N/N=N/N=N/N=N/N. The van der Waals surface area contributed by atoms with Gasteiger partial charge in [-0.1, -0.05) is 5.22 Å². The van der Waals surface area contributed by atoms with Crippen LogP contribution in [0.2, 0.25) is 0 Å². The van der Waals surface area contributed by atoms with E-state index in [4.69, 9.17) is 5.53 Å². The maximum Gasteiger partial charge on any atom is 0 e. The average Bonchev–Trinajstić information content (AvgIpc) is 2.74. The van der Waals surface area contributed by atoms with Crippen LogP contribution >= 0.6 is 0 Å². The lowest BCUT2D eigenvalue weighted by atomic mass is 12.3. The molecule has 3 N–H and O–H groups in total. The van der Waals surface area contributed by atoms with Crippen LogP contribution < -0.4 is 5.84 Å². The van der Waals surface area contributed by atoms with Gasteiger partial charge in [0.2, 0.25) is 0 Å². The Balaban J connectivity index is 3.96. The van der Waals surface area contributed by atoms with Crippen LogP contribution in [0.4, 0.5) is 0 Å². The van der Waals surface area contributed by atoms with Crippen LogP contribution in [0.15, 0.2) is 141 Å². The van der Waals surface area contributed by atoms with Crippen LogP contribution in [-0.4, -0.2) is 0 Å². The summed E-state index contributed by atoms with van der Waals surface area (Å²) in [5, 5.41) is 79.2. The third-order valence-electron chi connectivity index (χ3n) is 1.06. The first kappa shape index (κ1) is 23.2. The first-order chi connectivity index (χ1) is 14.4. The number of hydrogen-bond acceptors (Lipinski definition) is 2. The summed E-state index contributed by atoms with van der Waals surface area (Å²) >= 11 is 0. The largest absolute Gasteiger partial charge is 0.303 e. The van der Waals surface area contributed by atoms with Gasteiger partial charge >= 0.3 is 0 Å². The van der Waals surface area contributed by atoms with Crippen molar-refractivity contribution in [3.8, 4) is 0 Å². The van der Waals surface area contributed by atoms with Gasteiger partial charge in [-0.05, 0) is 78.3 Å². The second kappa shape index (κ2) is 22.2. The number of nitrogens with one attached hydrogen (secondary N) is 1. The Morgan fingerprint density at radius 2 is 0.448 bits per heavy atom. The first-order valence-electron chi connectivity index (χ1n) is 5.68. The molecule has 0 aliphatic carbocycles. The van der Waals surface area contributed by atoms with Crippen molar-refractivity contribution in [3.05, 3.63) is 0 Å². The molecule has 0 rings (SSSR count). The van der Waals surface area contributed by atoms with Crippen molar-refractivity contribution in [1.29, 1.82) is 5.53 Å². The molecular formula is H3N29. The molecule has 0 bridgehead atoms. The van der Waals surface area contributed by atoms with Crippen LogP contribution in [-0.2, 0) is 0 Å². The van der Waals surface area contributed by atoms with Crippen LogP contribution in [0, 0.1) is 5.53 Å². The summed E-state index contributed by atoms with van der Waals surface area (Å²) in [5.41, 5.74) is 6.22. The van der Waals surface area contributed by atoms with E-state index < -0.39 is 0 Å². The van der Waals surface area contributed by atoms with Crippen molar-refractivity contribution in [1.82, 2.24) is 0 Å². The van der Waals surface area contributed by atoms with Crippen molar-refractivity contribution >= 4 is 0 Å². The highest BCUT2D eigenvalue weighted by molar-refractivity contribution is 4.15. The number of nitrogens with two attached hydrogens (primary N) is 1. The molecule has 0 spiro atoms. The molecule has 0 unspecified atom stereocenters. The highest BCUT2D eigenvalue weighted by atomic mass is 15.7. The molecule has 0 aliphatic rings. The molecule has 29 heavy (non-hydrogen) atoms. The van der Waals surface area contributed by atoms with E-state index in [1.54, 1.807) is 0 Å². The minimum absolute atomic E-state index is 2.50. The molecule has 0 heterocycles. The molecule has 0 aromatic carbocycles. The number of nitrogens with zero attached hydrogens (tertiary/aromatic N) is 27. The topological polar surface area (TPSA) is 384 Å². The average molecular weight is 409 g/mol. The van der Waals surface area contributed by atoms with E-state index in [1.807, 2.05) is 0 Å². The standard InChI is InChI=1S/H3N29/c1-3-5-7-9-11-13-15-17-19-21-23-25-27-29-28-26-24-22-20-18-16-14-12-10-8-6-4-2/h(H3,1,2,5,6,9,10,13,14,17,18,21,22,25,26,29). The minimum Gasteiger partial charge on any atom is -0.303 e. The second-order valence-electron chi connectivity index (χ2n) is 2.45. The van der Waals surface area contributed by atoms with Gasteiger partial charge < -0.3 is 5.84 Å². The third-order valence-corrected chi connectivity index (χ3v) is 1.06. The van der Waals surface area contributed by atoms with E-state index in [0.29, 0.717) is 0 Å². The van der Waals surface area contributed by atoms with Crippen LogP contribution in [0.25, 0.3) is 0 Å². The van der Waals surface area contributed by atoms with Crippen LogP contribution in [0.1, 0.15) is 0 Å². The summed E-state index contributed by atoms with van der Waals surface area (Å²) in [6, 6.07) is 0. The predicted molar refractivity (Wildman–Crippen MR) is 72.5 cm³/mol. The zero-order chi connectivity index (χ0) is 21.1. The van der Waals surface area contributed by atoms with E-state index in [0.717, 1.165) is 0 Å². The number of rotatable bonds is 13. The molecule has 29 nitrogen and oxygen atoms in total. The lowest BCUT2D eigenvalue weighted by Gasteiger charge is -1.70. The lowest BCUT2D eigenvalue weighted by Crippen LogP contribution is -1.70. The summed E-state index contributed by atoms with van der Waals surface area (Å²) in [5.74, 6) is 4.61. The predicted octanol–water partition coefficient (Wildman–Crippen LogP) is 4.66. The van der Waals surface area contributed by atoms with Crippen molar-refractivity contribution in [2.45, 2.75) is 0 Å². The van der Waals surface area contributed by atoms with Gasteiger partial charge in [-0.15, -0.1) is 0 Å². The summed E-state index contributed by atoms with van der Waals surface area (Å²) < 4.78 is 0. The molecule has 29 heteroatoms. The first-order valence-corrected chi connectivity index (χ1v) is 5.68. The van der Waals surface area contributed by atoms with Crippen molar-refractivity contribution in [2.24, 2.45) is 147 Å². The van der Waals surface area contributed by atoms with Gasteiger partial charge in [0.25, 0.3) is 0 Å². The Kier molecular flexibility index (Phi) is 17.8. The van der Waals surface area contributed by atoms with Gasteiger partial charge in [-0.3, -0.25) is 0 Å². The zero-order valence-corrected chi connectivity index (χ0v) is 13.2. The Morgan fingerprint density at radius 3 is 0.621 bits per heavy atom. The molecule has 0 aromatic rings. The molecule has 0 aliphatic heterocycles. The molecule has 0 saturated carbocycles. The highest BCUT2D eigenvalue weighted by Crippen LogP contribution is 1.90. The fourth-order valence-electron chi connectivity index (χ4n) is 0.455. The van der Waals surface area contributed by atoms with Crippen molar-refractivity contribution in [2.75, 3.05) is 0 Å². The van der Waals surface area contributed by atoms with E-state index in [-0.39, 0.29) is 0 Å². The molecule has 0 amide bonds. The summed E-state index contributed by atoms with van der Waals surface area (Å²) in [4.78, 5) is 0. The Hall–Kier alpha value is -5.80. The fraction of sp³-hybridized carbons (Fsp3) is 0. The van der Waals surface area contributed by atoms with E-state index in [9.17, 15) is 0 Å². The Bertz CT molecular complexity index is 774. The second-order valence-corrected chi connectivity index (χ2v) is 2.45. The monoisotopic (exact) mass is 409 g/mol. The quantitative estimate of drug-likeness (QED) is 0.244. The number of hydrogen-bond donors (Lipinski definition) is 2. The lowest BCUT2D eigenvalue weighted by molar-refractivity contribution is 0.730. The maximum absolute atomic E-state index is 6.22. The Morgan fingerprint density at radius 1 is 0.276 bits per heavy atom.